The molecule has 1 aromatic rings. The van der Waals surface area contributed by atoms with E-state index in [-0.39, 0.29) is 21.8 Å². The fraction of sp³-hybridized carbons (Fsp3) is 0.538. The molecule has 0 fully saturated rings. The molecule has 0 spiro atoms. The van der Waals surface area contributed by atoms with Crippen LogP contribution in [-0.2, 0) is 19.9 Å². The Morgan fingerprint density at radius 3 is 2.10 bits per heavy atom. The fourth-order valence-corrected chi connectivity index (χ4v) is 3.79. The molecule has 0 atom stereocenters. The second-order valence-corrected chi connectivity index (χ2v) is 9.82. The van der Waals surface area contributed by atoms with E-state index < -0.39 is 19.9 Å². The van der Waals surface area contributed by atoms with E-state index >= 15 is 0 Å². The van der Waals surface area contributed by atoms with Crippen molar-refractivity contribution in [3.63, 3.8) is 0 Å². The number of hydrogen-bond acceptors (Lipinski definition) is 5. The third kappa shape index (κ3) is 4.98. The van der Waals surface area contributed by atoms with Crippen LogP contribution in [0.5, 0.6) is 0 Å². The molecule has 0 amide bonds. The molecule has 0 radical (unpaired) electrons. The first-order valence-corrected chi connectivity index (χ1v) is 9.76. The SMILES string of the molecule is CNc1ccc(S(C)(=O)=O)cc1S(=O)(=O)NCC(C)(C)C. The zero-order valence-electron chi connectivity index (χ0n) is 12.9. The van der Waals surface area contributed by atoms with E-state index in [0.717, 1.165) is 6.26 Å². The first-order chi connectivity index (χ1) is 9.37. The molecular formula is C13H22N2O4S2. The van der Waals surface area contributed by atoms with Crippen molar-refractivity contribution in [2.45, 2.75) is 30.6 Å². The molecule has 0 saturated carbocycles. The van der Waals surface area contributed by atoms with Gasteiger partial charge in [-0.25, -0.2) is 21.6 Å². The van der Waals surface area contributed by atoms with Crippen LogP contribution in [0, 0.1) is 5.41 Å². The molecule has 0 unspecified atom stereocenters. The Hall–Kier alpha value is -1.12. The Morgan fingerprint density at radius 2 is 1.67 bits per heavy atom. The topological polar surface area (TPSA) is 92.3 Å². The number of sulfone groups is 1. The molecule has 2 N–H and O–H groups in total. The van der Waals surface area contributed by atoms with E-state index in [0.29, 0.717) is 5.69 Å². The van der Waals surface area contributed by atoms with Crippen molar-refractivity contribution in [2.75, 3.05) is 25.2 Å². The van der Waals surface area contributed by atoms with Crippen molar-refractivity contribution >= 4 is 25.5 Å². The monoisotopic (exact) mass is 334 g/mol. The standard InChI is InChI=1S/C13H22N2O4S2/c1-13(2,3)9-15-21(18,19)12-8-10(20(5,16)17)6-7-11(12)14-4/h6-8,14-15H,9H2,1-5H3. The lowest BCUT2D eigenvalue weighted by Gasteiger charge is -2.20. The highest BCUT2D eigenvalue weighted by Gasteiger charge is 2.23. The molecule has 1 aromatic carbocycles. The van der Waals surface area contributed by atoms with Gasteiger partial charge in [0.2, 0.25) is 10.0 Å². The Labute approximate surface area is 126 Å². The van der Waals surface area contributed by atoms with Gasteiger partial charge >= 0.3 is 0 Å². The van der Waals surface area contributed by atoms with Gasteiger partial charge in [-0.2, -0.15) is 0 Å². The van der Waals surface area contributed by atoms with E-state index in [4.69, 9.17) is 0 Å². The van der Waals surface area contributed by atoms with Gasteiger partial charge in [-0.1, -0.05) is 20.8 Å². The van der Waals surface area contributed by atoms with Gasteiger partial charge in [0, 0.05) is 19.8 Å². The molecule has 0 aliphatic carbocycles. The van der Waals surface area contributed by atoms with Crippen LogP contribution < -0.4 is 10.0 Å². The highest BCUT2D eigenvalue weighted by atomic mass is 32.2. The average Bonchev–Trinajstić information content (AvgIpc) is 2.34. The van der Waals surface area contributed by atoms with E-state index in [9.17, 15) is 16.8 Å². The molecular weight excluding hydrogens is 312 g/mol. The highest BCUT2D eigenvalue weighted by Crippen LogP contribution is 2.25. The lowest BCUT2D eigenvalue weighted by atomic mass is 9.98. The molecule has 0 bridgehead atoms. The van der Waals surface area contributed by atoms with Crippen molar-refractivity contribution < 1.29 is 16.8 Å². The fourth-order valence-electron chi connectivity index (χ4n) is 1.55. The number of anilines is 1. The summed E-state index contributed by atoms with van der Waals surface area (Å²) in [5.41, 5.74) is 0.130. The summed E-state index contributed by atoms with van der Waals surface area (Å²) in [5.74, 6) is 0. The zero-order chi connectivity index (χ0) is 16.5. The van der Waals surface area contributed by atoms with Gasteiger partial charge in [0.25, 0.3) is 0 Å². The summed E-state index contributed by atoms with van der Waals surface area (Å²) in [7, 11) is -5.69. The van der Waals surface area contributed by atoms with Crippen molar-refractivity contribution in [1.82, 2.24) is 4.72 Å². The molecule has 120 valence electrons. The summed E-state index contributed by atoms with van der Waals surface area (Å²) in [6.45, 7) is 5.96. The maximum atomic E-state index is 12.4. The smallest absolute Gasteiger partial charge is 0.242 e. The van der Waals surface area contributed by atoms with Gasteiger partial charge in [0.15, 0.2) is 9.84 Å². The predicted molar refractivity (Wildman–Crippen MR) is 83.7 cm³/mol. The first-order valence-electron chi connectivity index (χ1n) is 6.38. The van der Waals surface area contributed by atoms with Crippen molar-refractivity contribution in [1.29, 1.82) is 0 Å². The highest BCUT2D eigenvalue weighted by molar-refractivity contribution is 7.91. The van der Waals surface area contributed by atoms with E-state index in [1.54, 1.807) is 7.05 Å². The van der Waals surface area contributed by atoms with Gasteiger partial charge in [0.1, 0.15) is 4.90 Å². The quantitative estimate of drug-likeness (QED) is 0.850. The van der Waals surface area contributed by atoms with Crippen LogP contribution in [0.25, 0.3) is 0 Å². The Kier molecular flexibility index (Phi) is 5.07. The van der Waals surface area contributed by atoms with E-state index in [1.165, 1.54) is 18.2 Å². The second kappa shape index (κ2) is 5.94. The maximum absolute atomic E-state index is 12.4. The van der Waals surface area contributed by atoms with E-state index in [2.05, 4.69) is 10.0 Å². The Balaban J connectivity index is 3.33. The minimum atomic E-state index is -3.80. The molecule has 8 heteroatoms. The summed E-state index contributed by atoms with van der Waals surface area (Å²) in [6.07, 6.45) is 1.04. The first kappa shape index (κ1) is 17.9. The molecule has 6 nitrogen and oxygen atoms in total. The molecule has 1 rings (SSSR count). The van der Waals surface area contributed by atoms with Crippen LogP contribution in [0.3, 0.4) is 0 Å². The minimum Gasteiger partial charge on any atom is -0.387 e. The second-order valence-electron chi connectivity index (χ2n) is 6.07. The number of benzene rings is 1. The maximum Gasteiger partial charge on any atom is 0.242 e. The van der Waals surface area contributed by atoms with Crippen LogP contribution in [-0.4, -0.2) is 36.7 Å². The van der Waals surface area contributed by atoms with Crippen molar-refractivity contribution in [3.05, 3.63) is 18.2 Å². The minimum absolute atomic E-state index is 0.0300. The molecule has 0 aliphatic rings. The Bertz CT molecular complexity index is 717. The molecule has 0 aromatic heterocycles. The summed E-state index contributed by atoms with van der Waals surface area (Å²) in [6, 6.07) is 4.00. The third-order valence-corrected chi connectivity index (χ3v) is 5.28. The number of nitrogens with one attached hydrogen (secondary N) is 2. The van der Waals surface area contributed by atoms with Crippen molar-refractivity contribution in [3.8, 4) is 0 Å². The number of sulfonamides is 1. The largest absolute Gasteiger partial charge is 0.387 e. The predicted octanol–water partition coefficient (Wildman–Crippen LogP) is 1.46. The zero-order valence-corrected chi connectivity index (χ0v) is 14.5. The summed E-state index contributed by atoms with van der Waals surface area (Å²) < 4.78 is 50.5. The third-order valence-electron chi connectivity index (χ3n) is 2.73. The number of rotatable bonds is 5. The van der Waals surface area contributed by atoms with Crippen molar-refractivity contribution in [2.24, 2.45) is 5.41 Å². The van der Waals surface area contributed by atoms with Crippen LogP contribution in [0.4, 0.5) is 5.69 Å². The molecule has 0 aliphatic heterocycles. The number of hydrogen-bond donors (Lipinski definition) is 2. The van der Waals surface area contributed by atoms with Gasteiger partial charge in [-0.05, 0) is 23.6 Å². The average molecular weight is 334 g/mol. The lowest BCUT2D eigenvalue weighted by Crippen LogP contribution is -2.32. The van der Waals surface area contributed by atoms with Crippen LogP contribution in [0.1, 0.15) is 20.8 Å². The summed E-state index contributed by atoms with van der Waals surface area (Å²) in [5, 5.41) is 2.76. The van der Waals surface area contributed by atoms with Gasteiger partial charge in [-0.15, -0.1) is 0 Å². The normalized spacial score (nSPS) is 13.2. The summed E-state index contributed by atoms with van der Waals surface area (Å²) in [4.78, 5) is -0.102. The van der Waals surface area contributed by atoms with Gasteiger partial charge in [0.05, 0.1) is 10.6 Å². The molecule has 0 saturated heterocycles. The van der Waals surface area contributed by atoms with Crippen LogP contribution in [0.2, 0.25) is 0 Å². The van der Waals surface area contributed by atoms with Gasteiger partial charge < -0.3 is 5.32 Å². The molecule has 21 heavy (non-hydrogen) atoms. The van der Waals surface area contributed by atoms with Crippen LogP contribution in [0.15, 0.2) is 28.0 Å². The van der Waals surface area contributed by atoms with E-state index in [1.807, 2.05) is 20.8 Å². The molecule has 0 heterocycles. The summed E-state index contributed by atoms with van der Waals surface area (Å²) >= 11 is 0. The van der Waals surface area contributed by atoms with Gasteiger partial charge in [-0.3, -0.25) is 0 Å². The lowest BCUT2D eigenvalue weighted by molar-refractivity contribution is 0.407. The van der Waals surface area contributed by atoms with Crippen LogP contribution >= 0.6 is 0 Å². The Morgan fingerprint density at radius 1 is 1.10 bits per heavy atom.